The molecule has 0 radical (unpaired) electrons. The lowest BCUT2D eigenvalue weighted by Gasteiger charge is -2.72. The molecule has 0 aromatic heterocycles. The Morgan fingerprint density at radius 3 is 1.47 bits per heavy atom. The number of carboxylic acids is 1. The molecule has 590 valence electrons. The van der Waals surface area contributed by atoms with E-state index in [1.165, 1.54) is 86.3 Å². The number of sulfone groups is 2. The zero-order valence-corrected chi connectivity index (χ0v) is 68.9. The number of hydrogen-bond donors (Lipinski definition) is 3. The number of alkyl carbamates (subject to hydrolysis) is 1. The number of rotatable bonds is 15. The number of allylic oxidation sites excluding steroid dienone is 6. The molecule has 2 heterocycles. The van der Waals surface area contributed by atoms with Crippen LogP contribution in [-0.2, 0) is 33.9 Å². The molecule has 2 aromatic carbocycles. The van der Waals surface area contributed by atoms with Crippen LogP contribution in [0.4, 0.5) is 4.79 Å². The molecule has 2 aromatic rings. The highest BCUT2D eigenvalue weighted by Gasteiger charge is 2.73. The van der Waals surface area contributed by atoms with Gasteiger partial charge in [-0.15, -0.1) is 0 Å². The van der Waals surface area contributed by atoms with Gasteiger partial charge in [0.1, 0.15) is 0 Å². The SMILES string of the molecule is C=C(C)[C@@H]1CC[C@]2(N=C=O)CC[C@]3(C)[C@H](CC[C@@H]4[C@@]5(C)CC=C(c6ccc(C(=O)OC)cc6)C(C)(C)[C@@H]5CC[C@]43C)[C@@H]12.C=C(C)[C@@H]1CC[C@]2(NC(=O)OCCCN3CCS(=O)(=O)CC3)CC[C@]3(C)[C@H](CC[C@@H]4[C@@]5(C)CC=C(c6ccc(C(=O)O)cc6)C(C)(C)[C@@H]5CC[C@]43C)[C@@H]12.O=S1(=O)CCN(CCCO)CC1. The van der Waals surface area contributed by atoms with Gasteiger partial charge in [-0.2, -0.15) is 4.99 Å². The second-order valence-corrected chi connectivity index (χ2v) is 43.2. The molecule has 8 saturated carbocycles. The number of ether oxygens (including phenoxy) is 2. The number of nitrogens with one attached hydrogen (secondary N) is 1. The minimum Gasteiger partial charge on any atom is -0.478 e. The van der Waals surface area contributed by atoms with Crippen LogP contribution < -0.4 is 5.32 Å². The van der Waals surface area contributed by atoms with Crippen molar-refractivity contribution in [2.45, 2.75) is 223 Å². The van der Waals surface area contributed by atoms with Crippen molar-refractivity contribution in [3.8, 4) is 0 Å². The fourth-order valence-electron chi connectivity index (χ4n) is 27.6. The first-order valence-electron chi connectivity index (χ1n) is 41.0. The van der Waals surface area contributed by atoms with E-state index in [0.717, 1.165) is 89.3 Å². The molecule has 107 heavy (non-hydrogen) atoms. The van der Waals surface area contributed by atoms with Crippen molar-refractivity contribution in [2.75, 3.05) is 82.6 Å². The molecule has 1 amide bonds. The smallest absolute Gasteiger partial charge is 0.407 e. The molecule has 12 aliphatic rings. The molecule has 16 nitrogen and oxygen atoms in total. The summed E-state index contributed by atoms with van der Waals surface area (Å²) in [5, 5.41) is 21.6. The Morgan fingerprint density at radius 2 is 1.01 bits per heavy atom. The molecule has 0 bridgehead atoms. The minimum atomic E-state index is -2.91. The van der Waals surface area contributed by atoms with Crippen LogP contribution in [0.1, 0.15) is 243 Å². The van der Waals surface area contributed by atoms with Gasteiger partial charge in [-0.3, -0.25) is 0 Å². The van der Waals surface area contributed by atoms with Crippen molar-refractivity contribution >= 4 is 54.9 Å². The second kappa shape index (κ2) is 30.0. The van der Waals surface area contributed by atoms with Crippen LogP contribution in [0.15, 0.2) is 90.0 Å². The second-order valence-electron chi connectivity index (χ2n) is 38.6. The lowest BCUT2D eigenvalue weighted by atomic mass is 9.33. The number of esters is 1. The zero-order valence-electron chi connectivity index (χ0n) is 67.2. The Hall–Kier alpha value is -5.23. The third kappa shape index (κ3) is 14.2. The van der Waals surface area contributed by atoms with Gasteiger partial charge in [0.2, 0.25) is 6.08 Å². The Labute approximate surface area is 641 Å². The highest BCUT2D eigenvalue weighted by atomic mass is 32.2. The number of carbonyl (C=O) groups excluding carboxylic acids is 3. The van der Waals surface area contributed by atoms with Crippen molar-refractivity contribution in [3.05, 3.63) is 107 Å². The van der Waals surface area contributed by atoms with Gasteiger partial charge in [-0.05, 0) is 291 Å². The average Bonchev–Trinajstić information content (AvgIpc) is 1.58. The third-order valence-corrected chi connectivity index (χ3v) is 36.5. The van der Waals surface area contributed by atoms with Gasteiger partial charge in [-0.25, -0.2) is 36.0 Å². The molecular formula is C89H130N4O12S2. The molecule has 3 N–H and O–H groups in total. The third-order valence-electron chi connectivity index (χ3n) is 33.3. The van der Waals surface area contributed by atoms with Crippen molar-refractivity contribution in [1.29, 1.82) is 0 Å². The van der Waals surface area contributed by atoms with Gasteiger partial charge in [0.25, 0.3) is 0 Å². The quantitative estimate of drug-likeness (QED) is 0.0496. The summed E-state index contributed by atoms with van der Waals surface area (Å²) in [4.78, 5) is 57.8. The molecule has 18 heteroatoms. The maximum atomic E-state index is 13.5. The van der Waals surface area contributed by atoms with Crippen molar-refractivity contribution in [1.82, 2.24) is 15.1 Å². The largest absolute Gasteiger partial charge is 0.478 e. The van der Waals surface area contributed by atoms with Crippen LogP contribution in [0.3, 0.4) is 0 Å². The van der Waals surface area contributed by atoms with Crippen LogP contribution in [0, 0.1) is 102 Å². The predicted octanol–water partition coefficient (Wildman–Crippen LogP) is 16.9. The predicted molar refractivity (Wildman–Crippen MR) is 426 cm³/mol. The Morgan fingerprint density at radius 1 is 0.561 bits per heavy atom. The monoisotopic (exact) mass is 1510 g/mol. The lowest BCUT2D eigenvalue weighted by molar-refractivity contribution is -0.218. The van der Waals surface area contributed by atoms with E-state index in [2.05, 4.69) is 141 Å². The van der Waals surface area contributed by atoms with Crippen LogP contribution >= 0.6 is 0 Å². The Balaban J connectivity index is 0.000000176. The van der Waals surface area contributed by atoms with Crippen molar-refractivity contribution < 1.29 is 55.7 Å². The maximum absolute atomic E-state index is 13.5. The van der Waals surface area contributed by atoms with Gasteiger partial charge in [0.05, 0.1) is 53.4 Å². The maximum Gasteiger partial charge on any atom is 0.407 e. The first-order valence-corrected chi connectivity index (χ1v) is 44.7. The number of nitrogens with zero attached hydrogens (tertiary/aromatic N) is 3. The van der Waals surface area contributed by atoms with Crippen molar-refractivity contribution in [3.63, 3.8) is 0 Å². The number of fused-ring (bicyclic) bond motifs is 14. The van der Waals surface area contributed by atoms with Crippen LogP contribution in [0.25, 0.3) is 11.1 Å². The van der Waals surface area contributed by atoms with E-state index < -0.39 is 25.6 Å². The number of aliphatic hydroxyl groups is 1. The molecule has 10 aliphatic carbocycles. The number of aliphatic hydroxyl groups excluding tert-OH is 1. The fraction of sp³-hybridized carbons (Fsp3) is 0.730. The Kier molecular flexibility index (Phi) is 22.8. The van der Waals surface area contributed by atoms with Gasteiger partial charge in [0, 0.05) is 51.4 Å². The number of hydrogen-bond acceptors (Lipinski definition) is 14. The first-order chi connectivity index (χ1) is 50.3. The lowest BCUT2D eigenvalue weighted by Crippen LogP contribution is -2.68. The van der Waals surface area contributed by atoms with E-state index in [1.54, 1.807) is 12.1 Å². The van der Waals surface area contributed by atoms with Gasteiger partial charge >= 0.3 is 18.0 Å². The van der Waals surface area contributed by atoms with E-state index in [9.17, 15) is 41.1 Å². The highest BCUT2D eigenvalue weighted by molar-refractivity contribution is 7.91. The molecule has 2 saturated heterocycles. The molecule has 14 rings (SSSR count). The van der Waals surface area contributed by atoms with Crippen LogP contribution in [0.2, 0.25) is 0 Å². The zero-order chi connectivity index (χ0) is 77.5. The summed E-state index contributed by atoms with van der Waals surface area (Å²) in [6.07, 6.45) is 28.5. The molecule has 0 spiro atoms. The van der Waals surface area contributed by atoms with E-state index in [0.29, 0.717) is 110 Å². The standard InChI is InChI=1S/C44H64N2O6S.C38H51NO3.C7H15NO3S/c1-29(2)32-15-20-44(45-39(49)52-26-8-23-46-24-27-53(50,51)28-25-46)22-21-42(6)34(37(32)44)13-14-36-41(5)18-16-33(30-9-11-31(12-10-30)38(47)48)40(3,4)35(41)17-19-43(36,42)7;1-24(2)27-15-20-38(39-23-40)22-21-36(6)29(32(27)38)13-14-31-35(5)18-16-28(25-9-11-26(12-10-25)33(41)42-8)34(3,4)30(35)17-19-37(31,36)7;9-5-1-2-8-3-6-12(10,11)7-4-8/h9-12,16,32,34-37H,1,8,13-15,17-28H2,2-7H3,(H,45,49)(H,47,48);9-12,16,27,29-32H,1,13-15,17-22H2,2-8H3;9H,1-7H2/t32-,34+,35-,36+,37+,41-,42+,43+,44-;27-,29+,30-,31+,32+,35-,36+,37+,38-;/m00./s1. The van der Waals surface area contributed by atoms with Crippen LogP contribution in [0.5, 0.6) is 0 Å². The molecule has 2 aliphatic heterocycles. The summed E-state index contributed by atoms with van der Waals surface area (Å²) in [7, 11) is -4.22. The topological polar surface area (TPSA) is 226 Å². The molecule has 0 unspecified atom stereocenters. The van der Waals surface area contributed by atoms with Crippen molar-refractivity contribution in [2.24, 2.45) is 107 Å². The van der Waals surface area contributed by atoms with E-state index in [-0.39, 0.29) is 96.1 Å². The van der Waals surface area contributed by atoms with Gasteiger partial charge in [-0.1, -0.05) is 130 Å². The summed E-state index contributed by atoms with van der Waals surface area (Å²) in [5.41, 5.74) is 9.30. The number of carbonyl (C=O) groups is 3. The number of carboxylic acid groups (broad SMARTS) is 1. The summed E-state index contributed by atoms with van der Waals surface area (Å²) < 4.78 is 56.4. The van der Waals surface area contributed by atoms with Crippen LogP contribution in [-0.4, -0.2) is 155 Å². The number of aromatic carboxylic acids is 1. The average molecular weight is 1510 g/mol. The summed E-state index contributed by atoms with van der Waals surface area (Å²) >= 11 is 0. The summed E-state index contributed by atoms with van der Waals surface area (Å²) in [6, 6.07) is 15.5. The highest BCUT2D eigenvalue weighted by Crippen LogP contribution is 2.79. The normalized spacial score (nSPS) is 39.6. The molecule has 18 atom stereocenters. The van der Waals surface area contributed by atoms with E-state index >= 15 is 0 Å². The number of aliphatic imine (C=N–C) groups is 1. The Bertz CT molecular complexity index is 4040. The minimum absolute atomic E-state index is 0.0340. The number of methoxy groups -OCH3 is 1. The molecular weight excluding hydrogens is 1380 g/mol. The van der Waals surface area contributed by atoms with Gasteiger partial charge in [0.15, 0.2) is 19.7 Å². The first kappa shape index (κ1) is 81.3. The number of amides is 1. The summed E-state index contributed by atoms with van der Waals surface area (Å²) in [6.45, 7) is 43.3. The van der Waals surface area contributed by atoms with E-state index in [1.807, 2.05) is 30.3 Å². The number of isocyanates is 1. The molecule has 10 fully saturated rings. The summed E-state index contributed by atoms with van der Waals surface area (Å²) in [5.74, 6) is 4.86. The van der Waals surface area contributed by atoms with E-state index in [4.69, 9.17) is 14.6 Å². The van der Waals surface area contributed by atoms with Gasteiger partial charge < -0.3 is 34.8 Å². The number of benzene rings is 2. The fourth-order valence-corrected chi connectivity index (χ4v) is 30.1.